The second-order valence-electron chi connectivity index (χ2n) is 3.03. The fourth-order valence-corrected chi connectivity index (χ4v) is 1.28. The molecule has 0 amide bonds. The highest BCUT2D eigenvalue weighted by atomic mass is 35.5. The Morgan fingerprint density at radius 2 is 2.00 bits per heavy atom. The summed E-state index contributed by atoms with van der Waals surface area (Å²) in [6.07, 6.45) is 4.61. The van der Waals surface area contributed by atoms with Crippen molar-refractivity contribution in [3.63, 3.8) is 0 Å². The lowest BCUT2D eigenvalue weighted by Crippen LogP contribution is -1.98. The van der Waals surface area contributed by atoms with Gasteiger partial charge in [0, 0.05) is 11.1 Å². The molecule has 0 radical (unpaired) electrons. The number of benzene rings is 1. The van der Waals surface area contributed by atoms with Crippen LogP contribution < -0.4 is 0 Å². The van der Waals surface area contributed by atoms with E-state index in [0.717, 1.165) is 5.56 Å². The zero-order valence-corrected chi connectivity index (χ0v) is 9.78. The number of rotatable bonds is 4. The third-order valence-electron chi connectivity index (χ3n) is 1.77. The first-order valence-electron chi connectivity index (χ1n) is 4.99. The van der Waals surface area contributed by atoms with Crippen molar-refractivity contribution in [2.24, 2.45) is 0 Å². The molecule has 3 heteroatoms. The summed E-state index contributed by atoms with van der Waals surface area (Å²) in [6, 6.07) is 9.64. The van der Waals surface area contributed by atoms with E-state index in [1.807, 2.05) is 30.3 Å². The molecule has 0 spiro atoms. The monoisotopic (exact) mass is 236 g/mol. The molecule has 0 unspecified atom stereocenters. The number of esters is 1. The van der Waals surface area contributed by atoms with E-state index in [0.29, 0.717) is 11.6 Å². The molecule has 1 aromatic carbocycles. The molecule has 2 nitrogen and oxygen atoms in total. The van der Waals surface area contributed by atoms with Gasteiger partial charge in [-0.05, 0) is 24.6 Å². The van der Waals surface area contributed by atoms with E-state index < -0.39 is 0 Å². The third-order valence-corrected chi connectivity index (χ3v) is 2.00. The zero-order valence-electron chi connectivity index (χ0n) is 9.02. The molecule has 1 rings (SSSR count). The third kappa shape index (κ3) is 4.80. The molecule has 0 fully saturated rings. The lowest BCUT2D eigenvalue weighted by molar-refractivity contribution is -0.137. The van der Waals surface area contributed by atoms with Gasteiger partial charge in [-0.25, -0.2) is 4.79 Å². The fraction of sp³-hybridized carbons (Fsp3) is 0.154. The van der Waals surface area contributed by atoms with Crippen LogP contribution in [-0.4, -0.2) is 12.6 Å². The Balaban J connectivity index is 2.62. The van der Waals surface area contributed by atoms with Crippen LogP contribution >= 0.6 is 11.6 Å². The number of ether oxygens (including phenoxy) is 1. The molecule has 0 aromatic heterocycles. The van der Waals surface area contributed by atoms with E-state index in [1.54, 1.807) is 13.0 Å². The predicted octanol–water partition coefficient (Wildman–Crippen LogP) is 3.39. The van der Waals surface area contributed by atoms with Gasteiger partial charge in [0.25, 0.3) is 0 Å². The van der Waals surface area contributed by atoms with E-state index in [2.05, 4.69) is 0 Å². The van der Waals surface area contributed by atoms with Gasteiger partial charge >= 0.3 is 5.97 Å². The molecule has 0 atom stereocenters. The summed E-state index contributed by atoms with van der Waals surface area (Å²) in [5.41, 5.74) is 0.987. The Kier molecular flexibility index (Phi) is 5.37. The maximum atomic E-state index is 11.0. The summed E-state index contributed by atoms with van der Waals surface area (Å²) >= 11 is 5.93. The topological polar surface area (TPSA) is 26.3 Å². The Labute approximate surface area is 100 Å². The summed E-state index contributed by atoms with van der Waals surface area (Å²) in [5.74, 6) is -0.387. The van der Waals surface area contributed by atoms with Gasteiger partial charge in [-0.2, -0.15) is 0 Å². The highest BCUT2D eigenvalue weighted by molar-refractivity contribution is 6.33. The number of hydrogen-bond acceptors (Lipinski definition) is 2. The Morgan fingerprint density at radius 3 is 2.62 bits per heavy atom. The number of halogens is 1. The van der Waals surface area contributed by atoms with Crippen molar-refractivity contribution in [1.29, 1.82) is 0 Å². The van der Waals surface area contributed by atoms with Gasteiger partial charge in [0.05, 0.1) is 6.61 Å². The predicted molar refractivity (Wildman–Crippen MR) is 66.0 cm³/mol. The molecule has 0 heterocycles. The van der Waals surface area contributed by atoms with E-state index >= 15 is 0 Å². The second kappa shape index (κ2) is 6.85. The Hall–Kier alpha value is -1.54. The summed E-state index contributed by atoms with van der Waals surface area (Å²) in [5, 5.41) is 0.485. The summed E-state index contributed by atoms with van der Waals surface area (Å²) in [6.45, 7) is 2.12. The van der Waals surface area contributed by atoms with Gasteiger partial charge in [0.15, 0.2) is 0 Å². The largest absolute Gasteiger partial charge is 0.463 e. The van der Waals surface area contributed by atoms with Gasteiger partial charge in [0.1, 0.15) is 0 Å². The van der Waals surface area contributed by atoms with Crippen molar-refractivity contribution < 1.29 is 9.53 Å². The first-order valence-corrected chi connectivity index (χ1v) is 5.37. The van der Waals surface area contributed by atoms with Gasteiger partial charge in [-0.15, -0.1) is 0 Å². The van der Waals surface area contributed by atoms with E-state index in [-0.39, 0.29) is 5.97 Å². The van der Waals surface area contributed by atoms with E-state index in [4.69, 9.17) is 16.3 Å². The SMILES string of the molecule is CCOC(=O)/C=C\C(Cl)=C\c1ccccc1. The Bertz CT molecular complexity index is 394. The van der Waals surface area contributed by atoms with Gasteiger partial charge in [-0.1, -0.05) is 41.9 Å². The Morgan fingerprint density at radius 1 is 1.31 bits per heavy atom. The first-order chi connectivity index (χ1) is 7.72. The van der Waals surface area contributed by atoms with Crippen molar-refractivity contribution >= 4 is 23.6 Å². The van der Waals surface area contributed by atoms with Gasteiger partial charge in [0.2, 0.25) is 0 Å². The van der Waals surface area contributed by atoms with Crippen LogP contribution in [0.3, 0.4) is 0 Å². The van der Waals surface area contributed by atoms with Crippen LogP contribution in [0.5, 0.6) is 0 Å². The van der Waals surface area contributed by atoms with Gasteiger partial charge in [-0.3, -0.25) is 0 Å². The normalized spacial score (nSPS) is 11.8. The number of carbonyl (C=O) groups excluding carboxylic acids is 1. The molecule has 0 saturated heterocycles. The van der Waals surface area contributed by atoms with Crippen LogP contribution in [0.1, 0.15) is 12.5 Å². The summed E-state index contributed by atoms with van der Waals surface area (Å²) in [7, 11) is 0. The minimum Gasteiger partial charge on any atom is -0.463 e. The number of allylic oxidation sites excluding steroid dienone is 2. The number of hydrogen-bond donors (Lipinski definition) is 0. The van der Waals surface area contributed by atoms with Crippen molar-refractivity contribution in [1.82, 2.24) is 0 Å². The highest BCUT2D eigenvalue weighted by Crippen LogP contribution is 2.11. The maximum Gasteiger partial charge on any atom is 0.330 e. The molecular weight excluding hydrogens is 224 g/mol. The smallest absolute Gasteiger partial charge is 0.330 e. The highest BCUT2D eigenvalue weighted by Gasteiger charge is 1.94. The minimum atomic E-state index is -0.387. The summed E-state index contributed by atoms with van der Waals surface area (Å²) < 4.78 is 4.73. The molecule has 0 saturated carbocycles. The summed E-state index contributed by atoms with van der Waals surface area (Å²) in [4.78, 5) is 11.0. The van der Waals surface area contributed by atoms with E-state index in [1.165, 1.54) is 12.2 Å². The first kappa shape index (κ1) is 12.5. The molecule has 0 aliphatic carbocycles. The van der Waals surface area contributed by atoms with Crippen molar-refractivity contribution in [3.8, 4) is 0 Å². The average molecular weight is 237 g/mol. The molecular formula is C13H13ClO2. The molecule has 84 valence electrons. The van der Waals surface area contributed by atoms with Gasteiger partial charge < -0.3 is 4.74 Å². The standard InChI is InChI=1S/C13H13ClO2/c1-2-16-13(15)9-8-12(14)10-11-6-4-3-5-7-11/h3-10H,2H2,1H3/b9-8-,12-10-. The lowest BCUT2D eigenvalue weighted by atomic mass is 10.2. The molecule has 1 aromatic rings. The zero-order chi connectivity index (χ0) is 11.8. The lowest BCUT2D eigenvalue weighted by Gasteiger charge is -1.95. The van der Waals surface area contributed by atoms with E-state index in [9.17, 15) is 4.79 Å². The maximum absolute atomic E-state index is 11.0. The molecule has 0 aliphatic rings. The van der Waals surface area contributed by atoms with Crippen LogP contribution in [-0.2, 0) is 9.53 Å². The van der Waals surface area contributed by atoms with Crippen molar-refractivity contribution in [3.05, 3.63) is 53.1 Å². The molecule has 0 bridgehead atoms. The molecule has 16 heavy (non-hydrogen) atoms. The van der Waals surface area contributed by atoms with Crippen LogP contribution in [0.15, 0.2) is 47.5 Å². The van der Waals surface area contributed by atoms with Crippen LogP contribution in [0.2, 0.25) is 0 Å². The second-order valence-corrected chi connectivity index (χ2v) is 3.46. The average Bonchev–Trinajstić information content (AvgIpc) is 2.28. The number of carbonyl (C=O) groups is 1. The van der Waals surface area contributed by atoms with Crippen LogP contribution in [0.4, 0.5) is 0 Å². The van der Waals surface area contributed by atoms with Crippen LogP contribution in [0.25, 0.3) is 6.08 Å². The van der Waals surface area contributed by atoms with Crippen LogP contribution in [0, 0.1) is 0 Å². The molecule has 0 N–H and O–H groups in total. The van der Waals surface area contributed by atoms with Crippen molar-refractivity contribution in [2.45, 2.75) is 6.92 Å². The minimum absolute atomic E-state index is 0.364. The quantitative estimate of drug-likeness (QED) is 0.455. The molecule has 0 aliphatic heterocycles. The fourth-order valence-electron chi connectivity index (χ4n) is 1.09. The van der Waals surface area contributed by atoms with Crippen molar-refractivity contribution in [2.75, 3.05) is 6.61 Å².